The molecule has 4 heteroatoms. The summed E-state index contributed by atoms with van der Waals surface area (Å²) in [6.07, 6.45) is 3.40. The quantitative estimate of drug-likeness (QED) is 0.793. The van der Waals surface area contributed by atoms with Crippen LogP contribution in [0.1, 0.15) is 19.3 Å². The van der Waals surface area contributed by atoms with Crippen LogP contribution in [0.5, 0.6) is 0 Å². The Balaban J connectivity index is 1.69. The molecule has 17 heavy (non-hydrogen) atoms. The highest BCUT2D eigenvalue weighted by molar-refractivity contribution is 6.31. The molecule has 3 nitrogen and oxygen atoms in total. The molecule has 0 saturated heterocycles. The molecule has 2 unspecified atom stereocenters. The van der Waals surface area contributed by atoms with Crippen LogP contribution in [0.25, 0.3) is 0 Å². The Morgan fingerprint density at radius 1 is 1.29 bits per heavy atom. The molecule has 0 heterocycles. The van der Waals surface area contributed by atoms with Gasteiger partial charge in [0.05, 0.1) is 11.4 Å². The van der Waals surface area contributed by atoms with Crippen LogP contribution < -0.4 is 11.1 Å². The van der Waals surface area contributed by atoms with E-state index in [9.17, 15) is 4.79 Å². The molecule has 2 atom stereocenters. The SMILES string of the molecule is Nc1ccc(Cl)cc1NC(=O)C1CC2CC2C1. The van der Waals surface area contributed by atoms with Crippen LogP contribution in [-0.2, 0) is 4.79 Å². The molecule has 3 rings (SSSR count). The fourth-order valence-electron chi connectivity index (χ4n) is 2.80. The van der Waals surface area contributed by atoms with Gasteiger partial charge < -0.3 is 11.1 Å². The minimum atomic E-state index is 0.0890. The number of carbonyl (C=O) groups excluding carboxylic acids is 1. The highest BCUT2D eigenvalue weighted by Crippen LogP contribution is 2.54. The van der Waals surface area contributed by atoms with Crippen molar-refractivity contribution in [2.24, 2.45) is 17.8 Å². The Bertz CT molecular complexity index is 464. The van der Waals surface area contributed by atoms with Crippen LogP contribution in [0.3, 0.4) is 0 Å². The number of halogens is 1. The van der Waals surface area contributed by atoms with Crippen molar-refractivity contribution in [1.82, 2.24) is 0 Å². The van der Waals surface area contributed by atoms with Gasteiger partial charge in [0.1, 0.15) is 0 Å². The lowest BCUT2D eigenvalue weighted by molar-refractivity contribution is -0.119. The van der Waals surface area contributed by atoms with Gasteiger partial charge in [0, 0.05) is 10.9 Å². The van der Waals surface area contributed by atoms with Crippen LogP contribution in [0.4, 0.5) is 11.4 Å². The van der Waals surface area contributed by atoms with Gasteiger partial charge in [-0.1, -0.05) is 11.6 Å². The van der Waals surface area contributed by atoms with Gasteiger partial charge >= 0.3 is 0 Å². The Morgan fingerprint density at radius 2 is 2.00 bits per heavy atom. The van der Waals surface area contributed by atoms with E-state index in [4.69, 9.17) is 17.3 Å². The summed E-state index contributed by atoms with van der Waals surface area (Å²) < 4.78 is 0. The van der Waals surface area contributed by atoms with Gasteiger partial charge in [-0.2, -0.15) is 0 Å². The number of anilines is 2. The summed E-state index contributed by atoms with van der Waals surface area (Å²) in [5.41, 5.74) is 6.99. The number of nitrogens with two attached hydrogens (primary N) is 1. The fraction of sp³-hybridized carbons (Fsp3) is 0.462. The van der Waals surface area contributed by atoms with Crippen molar-refractivity contribution in [3.8, 4) is 0 Å². The van der Waals surface area contributed by atoms with E-state index in [0.717, 1.165) is 24.7 Å². The summed E-state index contributed by atoms with van der Waals surface area (Å²) in [4.78, 5) is 12.0. The number of amides is 1. The molecular formula is C13H15ClN2O. The number of benzene rings is 1. The Hall–Kier alpha value is -1.22. The summed E-state index contributed by atoms with van der Waals surface area (Å²) >= 11 is 5.88. The number of rotatable bonds is 2. The van der Waals surface area contributed by atoms with Gasteiger partial charge in [-0.15, -0.1) is 0 Å². The number of carbonyl (C=O) groups is 1. The fourth-order valence-corrected chi connectivity index (χ4v) is 2.97. The van der Waals surface area contributed by atoms with E-state index in [1.807, 2.05) is 0 Å². The number of nitrogens with one attached hydrogen (secondary N) is 1. The van der Waals surface area contributed by atoms with Gasteiger partial charge in [-0.25, -0.2) is 0 Å². The lowest BCUT2D eigenvalue weighted by atomic mass is 10.0. The smallest absolute Gasteiger partial charge is 0.227 e. The second-order valence-corrected chi connectivity index (χ2v) is 5.58. The van der Waals surface area contributed by atoms with Gasteiger partial charge in [-0.05, 0) is 49.3 Å². The van der Waals surface area contributed by atoms with Crippen LogP contribution in [0, 0.1) is 17.8 Å². The van der Waals surface area contributed by atoms with E-state index in [-0.39, 0.29) is 11.8 Å². The zero-order valence-corrected chi connectivity index (χ0v) is 10.2. The topological polar surface area (TPSA) is 55.1 Å². The predicted molar refractivity (Wildman–Crippen MR) is 68.8 cm³/mol. The van der Waals surface area contributed by atoms with E-state index >= 15 is 0 Å². The molecule has 2 saturated carbocycles. The highest BCUT2D eigenvalue weighted by atomic mass is 35.5. The number of fused-ring (bicyclic) bond motifs is 1. The first-order chi connectivity index (χ1) is 8.13. The number of hydrogen-bond donors (Lipinski definition) is 2. The molecule has 1 aromatic carbocycles. The average molecular weight is 251 g/mol. The maximum Gasteiger partial charge on any atom is 0.227 e. The lowest BCUT2D eigenvalue weighted by Gasteiger charge is -2.13. The molecule has 2 aliphatic rings. The molecule has 1 aromatic rings. The normalized spacial score (nSPS) is 29.8. The van der Waals surface area contributed by atoms with E-state index in [1.54, 1.807) is 18.2 Å². The molecular weight excluding hydrogens is 236 g/mol. The summed E-state index contributed by atoms with van der Waals surface area (Å²) in [5.74, 6) is 1.87. The third-order valence-electron chi connectivity index (χ3n) is 3.89. The average Bonchev–Trinajstić information content (AvgIpc) is 2.91. The van der Waals surface area contributed by atoms with Crippen LogP contribution >= 0.6 is 11.6 Å². The first-order valence-corrected chi connectivity index (χ1v) is 6.37. The third kappa shape index (κ3) is 2.12. The molecule has 0 aromatic heterocycles. The largest absolute Gasteiger partial charge is 0.397 e. The first kappa shape index (κ1) is 10.9. The third-order valence-corrected chi connectivity index (χ3v) is 4.12. The van der Waals surface area contributed by atoms with E-state index in [0.29, 0.717) is 16.4 Å². The molecule has 3 N–H and O–H groups in total. The second kappa shape index (κ2) is 3.91. The zero-order chi connectivity index (χ0) is 12.0. The summed E-state index contributed by atoms with van der Waals surface area (Å²) in [6, 6.07) is 5.13. The molecule has 2 aliphatic carbocycles. The predicted octanol–water partition coefficient (Wildman–Crippen LogP) is 2.91. The van der Waals surface area contributed by atoms with Crippen LogP contribution in [0.15, 0.2) is 18.2 Å². The molecule has 0 aliphatic heterocycles. The summed E-state index contributed by atoms with van der Waals surface area (Å²) in [6.45, 7) is 0. The van der Waals surface area contributed by atoms with Crippen LogP contribution in [-0.4, -0.2) is 5.91 Å². The minimum Gasteiger partial charge on any atom is -0.397 e. The molecule has 2 fully saturated rings. The van der Waals surface area contributed by atoms with Crippen molar-refractivity contribution in [3.05, 3.63) is 23.2 Å². The van der Waals surface area contributed by atoms with E-state index in [1.165, 1.54) is 6.42 Å². The first-order valence-electron chi connectivity index (χ1n) is 5.99. The van der Waals surface area contributed by atoms with Crippen molar-refractivity contribution in [1.29, 1.82) is 0 Å². The van der Waals surface area contributed by atoms with Crippen molar-refractivity contribution < 1.29 is 4.79 Å². The maximum absolute atomic E-state index is 12.0. The van der Waals surface area contributed by atoms with E-state index in [2.05, 4.69) is 5.32 Å². The zero-order valence-electron chi connectivity index (χ0n) is 9.45. The van der Waals surface area contributed by atoms with Crippen molar-refractivity contribution in [2.75, 3.05) is 11.1 Å². The Labute approximate surface area is 105 Å². The standard InChI is InChI=1S/C13H15ClN2O/c14-10-1-2-11(15)12(6-10)16-13(17)9-4-7-3-8(7)5-9/h1-2,6-9H,3-5,15H2,(H,16,17). The van der Waals surface area contributed by atoms with Gasteiger partial charge in [0.2, 0.25) is 5.91 Å². The number of nitrogen functional groups attached to an aromatic ring is 1. The minimum absolute atomic E-state index is 0.0890. The molecule has 0 bridgehead atoms. The van der Waals surface area contributed by atoms with Crippen molar-refractivity contribution in [2.45, 2.75) is 19.3 Å². The van der Waals surface area contributed by atoms with Gasteiger partial charge in [-0.3, -0.25) is 4.79 Å². The molecule has 0 radical (unpaired) electrons. The van der Waals surface area contributed by atoms with E-state index < -0.39 is 0 Å². The monoisotopic (exact) mass is 250 g/mol. The lowest BCUT2D eigenvalue weighted by Crippen LogP contribution is -2.22. The molecule has 1 amide bonds. The van der Waals surface area contributed by atoms with Gasteiger partial charge in [0.25, 0.3) is 0 Å². The molecule has 0 spiro atoms. The number of hydrogen-bond acceptors (Lipinski definition) is 2. The summed E-state index contributed by atoms with van der Waals surface area (Å²) in [5, 5.41) is 3.47. The second-order valence-electron chi connectivity index (χ2n) is 5.15. The van der Waals surface area contributed by atoms with Gasteiger partial charge in [0.15, 0.2) is 0 Å². The molecule has 90 valence electrons. The maximum atomic E-state index is 12.0. The Morgan fingerprint density at radius 3 is 2.71 bits per heavy atom. The Kier molecular flexibility index (Phi) is 2.51. The summed E-state index contributed by atoms with van der Waals surface area (Å²) in [7, 11) is 0. The van der Waals surface area contributed by atoms with Crippen molar-refractivity contribution in [3.63, 3.8) is 0 Å². The van der Waals surface area contributed by atoms with Crippen LogP contribution in [0.2, 0.25) is 5.02 Å². The highest BCUT2D eigenvalue weighted by Gasteiger charge is 2.47. The van der Waals surface area contributed by atoms with Crippen molar-refractivity contribution >= 4 is 28.9 Å².